The molecule has 0 spiro atoms. The van der Waals surface area contributed by atoms with E-state index in [1.165, 1.54) is 4.90 Å². The number of carbonyl (C=O) groups excluding carboxylic acids is 4. The van der Waals surface area contributed by atoms with Gasteiger partial charge in [-0.2, -0.15) is 0 Å². The van der Waals surface area contributed by atoms with Crippen molar-refractivity contribution in [2.45, 2.75) is 57.0 Å². The van der Waals surface area contributed by atoms with Crippen molar-refractivity contribution in [2.75, 3.05) is 31.1 Å². The van der Waals surface area contributed by atoms with E-state index in [1.54, 1.807) is 12.3 Å². The van der Waals surface area contributed by atoms with Crippen LogP contribution >= 0.6 is 0 Å². The van der Waals surface area contributed by atoms with Crippen LogP contribution in [0.5, 0.6) is 0 Å². The first kappa shape index (κ1) is 26.8. The lowest BCUT2D eigenvalue weighted by Gasteiger charge is -2.53. The van der Waals surface area contributed by atoms with E-state index in [1.807, 2.05) is 35.4 Å². The van der Waals surface area contributed by atoms with Crippen LogP contribution in [-0.4, -0.2) is 73.0 Å². The van der Waals surface area contributed by atoms with Crippen molar-refractivity contribution < 1.29 is 19.2 Å². The molecule has 42 heavy (non-hydrogen) atoms. The summed E-state index contributed by atoms with van der Waals surface area (Å²) >= 11 is 0. The van der Waals surface area contributed by atoms with Crippen LogP contribution < -0.4 is 21.3 Å². The van der Waals surface area contributed by atoms with Gasteiger partial charge < -0.3 is 16.0 Å². The number of piperidine rings is 4. The molecule has 2 aromatic rings. The van der Waals surface area contributed by atoms with Crippen LogP contribution in [0.1, 0.15) is 54.4 Å². The van der Waals surface area contributed by atoms with Crippen molar-refractivity contribution in [3.05, 3.63) is 53.2 Å². The van der Waals surface area contributed by atoms with E-state index in [0.29, 0.717) is 35.9 Å². The zero-order valence-electron chi connectivity index (χ0n) is 23.6. The van der Waals surface area contributed by atoms with Crippen LogP contribution in [0.3, 0.4) is 0 Å². The summed E-state index contributed by atoms with van der Waals surface area (Å²) in [7, 11) is 0. The Morgan fingerprint density at radius 1 is 1.10 bits per heavy atom. The van der Waals surface area contributed by atoms with Gasteiger partial charge in [0.2, 0.25) is 17.7 Å². The summed E-state index contributed by atoms with van der Waals surface area (Å²) in [5.74, 6) is 0.00859. The molecule has 2 bridgehead atoms. The van der Waals surface area contributed by atoms with Gasteiger partial charge in [0.05, 0.1) is 17.1 Å². The lowest BCUT2D eigenvalue weighted by atomic mass is 9.58. The molecule has 10 nitrogen and oxygen atoms in total. The number of rotatable bonds is 6. The summed E-state index contributed by atoms with van der Waals surface area (Å²) in [5, 5.41) is 7.54. The number of hydrogen-bond donors (Lipinski definition) is 3. The lowest BCUT2D eigenvalue weighted by Crippen LogP contribution is -2.62. The molecule has 4 N–H and O–H groups in total. The number of fused-ring (bicyclic) bond motifs is 2. The van der Waals surface area contributed by atoms with Crippen LogP contribution in [0.4, 0.5) is 5.69 Å². The number of aliphatic imine (C=N–C) groups is 1. The van der Waals surface area contributed by atoms with Crippen molar-refractivity contribution in [2.24, 2.45) is 22.1 Å². The van der Waals surface area contributed by atoms with Crippen LogP contribution in [0.2, 0.25) is 0 Å². The molecule has 0 radical (unpaired) electrons. The normalized spacial score (nSPS) is 28.0. The highest BCUT2D eigenvalue weighted by atomic mass is 16.2. The molecule has 5 aliphatic heterocycles. The molecule has 5 fully saturated rings. The number of imide groups is 1. The summed E-state index contributed by atoms with van der Waals surface area (Å²) in [4.78, 5) is 59.4. The molecule has 4 saturated heterocycles. The largest absolute Gasteiger partial charge is 0.404 e. The Balaban J connectivity index is 1.04. The third kappa shape index (κ3) is 4.40. The number of nitrogens with zero attached hydrogens (tertiary/aromatic N) is 3. The Morgan fingerprint density at radius 2 is 1.90 bits per heavy atom. The summed E-state index contributed by atoms with van der Waals surface area (Å²) in [6, 6.07) is 8.93. The number of anilines is 1. The van der Waals surface area contributed by atoms with Gasteiger partial charge in [0.15, 0.2) is 0 Å². The number of nitrogens with one attached hydrogen (secondary N) is 2. The van der Waals surface area contributed by atoms with E-state index >= 15 is 0 Å². The summed E-state index contributed by atoms with van der Waals surface area (Å²) in [5.41, 5.74) is 9.00. The second-order valence-corrected chi connectivity index (χ2v) is 12.5. The van der Waals surface area contributed by atoms with Gasteiger partial charge in [0.1, 0.15) is 6.04 Å². The Labute approximate surface area is 244 Å². The van der Waals surface area contributed by atoms with E-state index in [2.05, 4.69) is 10.6 Å². The number of benzene rings is 2. The Hall–Kier alpha value is -4.05. The molecule has 5 heterocycles. The topological polar surface area (TPSA) is 137 Å². The molecule has 1 aliphatic carbocycles. The maximum Gasteiger partial charge on any atom is 0.259 e. The highest BCUT2D eigenvalue weighted by molar-refractivity contribution is 6.27. The Kier molecular flexibility index (Phi) is 6.61. The van der Waals surface area contributed by atoms with Gasteiger partial charge in [0, 0.05) is 49.6 Å². The minimum Gasteiger partial charge on any atom is -0.404 e. The lowest BCUT2D eigenvalue weighted by molar-refractivity contribution is -0.155. The molecule has 4 amide bonds. The first-order chi connectivity index (χ1) is 20.4. The standard InChI is InChI=1S/C32H36N6O4/c33-15-19(17-35-22-8-10-37(11-9-22)31(42)32-13-20(14-32)16-34-18-32)12-21-4-5-25-28-23(21)2-1-3-24(28)30(41)38(25)26-6-7-27(39)36-29(26)40/h1-5,15,17,20,22,26,34H,6-14,16,18,33H2,(H,36,39,40)/b19-15-,35-17?. The van der Waals surface area contributed by atoms with Crippen LogP contribution in [0.15, 0.2) is 47.1 Å². The quantitative estimate of drug-likeness (QED) is 0.360. The molecule has 1 saturated carbocycles. The molecule has 1 unspecified atom stereocenters. The Morgan fingerprint density at radius 3 is 2.62 bits per heavy atom. The number of carbonyl (C=O) groups is 4. The van der Waals surface area contributed by atoms with E-state index in [-0.39, 0.29) is 29.7 Å². The summed E-state index contributed by atoms with van der Waals surface area (Å²) in [6.45, 7) is 3.33. The minimum atomic E-state index is -0.713. The highest BCUT2D eigenvalue weighted by Crippen LogP contribution is 2.49. The van der Waals surface area contributed by atoms with Crippen molar-refractivity contribution in [3.63, 3.8) is 0 Å². The van der Waals surface area contributed by atoms with Gasteiger partial charge in [-0.25, -0.2) is 0 Å². The maximum atomic E-state index is 13.4. The van der Waals surface area contributed by atoms with Gasteiger partial charge >= 0.3 is 0 Å². The second-order valence-electron chi connectivity index (χ2n) is 12.5. The van der Waals surface area contributed by atoms with E-state index in [0.717, 1.165) is 73.8 Å². The van der Waals surface area contributed by atoms with Crippen LogP contribution in [0, 0.1) is 11.3 Å². The van der Waals surface area contributed by atoms with Gasteiger partial charge in [-0.15, -0.1) is 0 Å². The summed E-state index contributed by atoms with van der Waals surface area (Å²) in [6.07, 6.45) is 8.22. The van der Waals surface area contributed by atoms with Crippen LogP contribution in [-0.2, 0) is 20.8 Å². The molecule has 218 valence electrons. The van der Waals surface area contributed by atoms with Crippen molar-refractivity contribution in [1.82, 2.24) is 15.5 Å². The van der Waals surface area contributed by atoms with Gasteiger partial charge in [-0.3, -0.25) is 34.4 Å². The average Bonchev–Trinajstić information content (AvgIpc) is 3.28. The molecule has 2 aromatic carbocycles. The number of likely N-dealkylation sites (tertiary alicyclic amines) is 1. The van der Waals surface area contributed by atoms with Gasteiger partial charge in [-0.1, -0.05) is 18.2 Å². The van der Waals surface area contributed by atoms with E-state index in [4.69, 9.17) is 10.7 Å². The second kappa shape index (κ2) is 10.3. The van der Waals surface area contributed by atoms with Crippen LogP contribution in [0.25, 0.3) is 10.8 Å². The first-order valence-electron chi connectivity index (χ1n) is 15.0. The van der Waals surface area contributed by atoms with Gasteiger partial charge in [-0.05, 0) is 79.4 Å². The predicted molar refractivity (Wildman–Crippen MR) is 159 cm³/mol. The van der Waals surface area contributed by atoms with Gasteiger partial charge in [0.25, 0.3) is 5.91 Å². The number of allylic oxidation sites excluding steroid dienone is 1. The van der Waals surface area contributed by atoms with Crippen molar-refractivity contribution in [3.8, 4) is 0 Å². The third-order valence-corrected chi connectivity index (χ3v) is 9.86. The van der Waals surface area contributed by atoms with Crippen molar-refractivity contribution in [1.29, 1.82) is 0 Å². The highest BCUT2D eigenvalue weighted by Gasteiger charge is 2.53. The molecule has 10 heteroatoms. The fourth-order valence-electron chi connectivity index (χ4n) is 7.68. The number of nitrogens with two attached hydrogens (primary N) is 1. The Bertz CT molecular complexity index is 1540. The molecule has 6 aliphatic rings. The van der Waals surface area contributed by atoms with E-state index < -0.39 is 11.9 Å². The first-order valence-corrected chi connectivity index (χ1v) is 15.0. The SMILES string of the molecule is N/C=C(\C=NC1CCN(C(=O)C23CNCC(C2)C3)CC1)Cc1ccc2c3c(cccc13)C(=O)N2C1CCC(=O)NC1=O. The monoisotopic (exact) mass is 568 g/mol. The number of hydrogen-bond acceptors (Lipinski definition) is 7. The smallest absolute Gasteiger partial charge is 0.259 e. The summed E-state index contributed by atoms with van der Waals surface area (Å²) < 4.78 is 0. The molecule has 0 aromatic heterocycles. The predicted octanol–water partition coefficient (Wildman–Crippen LogP) is 2.05. The molecular formula is C32H36N6O4. The molecule has 8 rings (SSSR count). The maximum absolute atomic E-state index is 13.4. The minimum absolute atomic E-state index is 0.146. The zero-order chi connectivity index (χ0) is 29.0. The third-order valence-electron chi connectivity index (χ3n) is 9.86. The van der Waals surface area contributed by atoms with Crippen molar-refractivity contribution >= 4 is 46.3 Å². The fourth-order valence-corrected chi connectivity index (χ4v) is 7.68. The zero-order valence-corrected chi connectivity index (χ0v) is 23.6. The molecular weight excluding hydrogens is 532 g/mol. The molecule has 1 atom stereocenters. The fraction of sp³-hybridized carbons (Fsp3) is 0.469. The average molecular weight is 569 g/mol. The van der Waals surface area contributed by atoms with E-state index in [9.17, 15) is 19.2 Å². The number of amides is 4.